The molecule has 1 heterocycles. The van der Waals surface area contributed by atoms with E-state index in [-0.39, 0.29) is 0 Å². The van der Waals surface area contributed by atoms with Gasteiger partial charge in [-0.1, -0.05) is 0 Å². The van der Waals surface area contributed by atoms with Crippen LogP contribution >= 0.6 is 0 Å². The fourth-order valence-electron chi connectivity index (χ4n) is 1.83. The molecule has 1 aliphatic heterocycles. The summed E-state index contributed by atoms with van der Waals surface area (Å²) in [6, 6.07) is 0. The molecular weight excluding hydrogens is 178 g/mol. The molecule has 1 saturated heterocycles. The zero-order valence-corrected chi connectivity index (χ0v) is 9.29. The number of ketones is 1. The third-order valence-electron chi connectivity index (χ3n) is 2.54. The molecule has 0 aromatic carbocycles. The van der Waals surface area contributed by atoms with E-state index >= 15 is 0 Å². The van der Waals surface area contributed by atoms with E-state index < -0.39 is 0 Å². The molecule has 3 heteroatoms. The first-order valence-electron chi connectivity index (χ1n) is 5.52. The zero-order valence-electron chi connectivity index (χ0n) is 9.29. The summed E-state index contributed by atoms with van der Waals surface area (Å²) in [7, 11) is 0. The van der Waals surface area contributed by atoms with Crippen LogP contribution in [0, 0.1) is 0 Å². The first-order chi connectivity index (χ1) is 6.68. The van der Waals surface area contributed by atoms with Gasteiger partial charge in [-0.2, -0.15) is 0 Å². The third-order valence-corrected chi connectivity index (χ3v) is 2.54. The quantitative estimate of drug-likeness (QED) is 0.686. The van der Waals surface area contributed by atoms with E-state index in [0.29, 0.717) is 18.3 Å². The number of hydrogen-bond donors (Lipinski definition) is 0. The first-order valence-corrected chi connectivity index (χ1v) is 5.52. The lowest BCUT2D eigenvalue weighted by molar-refractivity contribution is -0.117. The Labute approximate surface area is 86.4 Å². The highest BCUT2D eigenvalue weighted by Crippen LogP contribution is 2.06. The molecule has 82 valence electrons. The number of carbonyl (C=O) groups excluding carboxylic acids is 1. The van der Waals surface area contributed by atoms with Crippen LogP contribution in [0.25, 0.3) is 0 Å². The largest absolute Gasteiger partial charge is 0.377 e. The molecule has 0 amide bonds. The summed E-state index contributed by atoms with van der Waals surface area (Å²) in [5.74, 6) is 0.295. The maximum absolute atomic E-state index is 10.8. The van der Waals surface area contributed by atoms with E-state index in [1.54, 1.807) is 6.92 Å². The van der Waals surface area contributed by atoms with Crippen LogP contribution in [0.2, 0.25) is 0 Å². The summed E-state index contributed by atoms with van der Waals surface area (Å²) in [5, 5.41) is 0. The van der Waals surface area contributed by atoms with Gasteiger partial charge in [-0.3, -0.25) is 0 Å². The topological polar surface area (TPSA) is 29.5 Å². The van der Waals surface area contributed by atoms with Crippen LogP contribution in [0.15, 0.2) is 0 Å². The molecule has 14 heavy (non-hydrogen) atoms. The van der Waals surface area contributed by atoms with Crippen molar-refractivity contribution >= 4 is 5.78 Å². The highest BCUT2D eigenvalue weighted by atomic mass is 16.5. The number of carbonyl (C=O) groups is 1. The summed E-state index contributed by atoms with van der Waals surface area (Å²) >= 11 is 0. The van der Waals surface area contributed by atoms with E-state index in [4.69, 9.17) is 4.74 Å². The molecule has 1 unspecified atom stereocenters. The van der Waals surface area contributed by atoms with Gasteiger partial charge in [-0.25, -0.2) is 0 Å². The number of hydrogen-bond acceptors (Lipinski definition) is 3. The minimum absolute atomic E-state index is 0.295. The number of ether oxygens (including phenoxy) is 1. The van der Waals surface area contributed by atoms with Gasteiger partial charge in [0.1, 0.15) is 5.78 Å². The molecule has 0 saturated carbocycles. The summed E-state index contributed by atoms with van der Waals surface area (Å²) < 4.78 is 5.55. The van der Waals surface area contributed by atoms with Crippen molar-refractivity contribution in [1.82, 2.24) is 4.90 Å². The molecule has 0 aromatic rings. The average molecular weight is 199 g/mol. The molecule has 0 bridgehead atoms. The van der Waals surface area contributed by atoms with Crippen molar-refractivity contribution in [3.05, 3.63) is 0 Å². The van der Waals surface area contributed by atoms with Crippen LogP contribution in [-0.2, 0) is 9.53 Å². The molecule has 0 aromatic heterocycles. The van der Waals surface area contributed by atoms with E-state index in [2.05, 4.69) is 11.8 Å². The van der Waals surface area contributed by atoms with Crippen LogP contribution in [-0.4, -0.2) is 43.0 Å². The highest BCUT2D eigenvalue weighted by molar-refractivity contribution is 5.75. The van der Waals surface area contributed by atoms with Gasteiger partial charge in [0.25, 0.3) is 0 Å². The van der Waals surface area contributed by atoms with Crippen LogP contribution in [0.5, 0.6) is 0 Å². The van der Waals surface area contributed by atoms with Gasteiger partial charge in [0.2, 0.25) is 0 Å². The van der Waals surface area contributed by atoms with Crippen molar-refractivity contribution < 1.29 is 9.53 Å². The van der Waals surface area contributed by atoms with Gasteiger partial charge in [0, 0.05) is 26.1 Å². The summed E-state index contributed by atoms with van der Waals surface area (Å²) in [6.45, 7) is 7.81. The van der Waals surface area contributed by atoms with Gasteiger partial charge < -0.3 is 14.4 Å². The van der Waals surface area contributed by atoms with Crippen LogP contribution in [0.3, 0.4) is 0 Å². The Hall–Kier alpha value is -0.410. The van der Waals surface area contributed by atoms with Crippen LogP contribution < -0.4 is 0 Å². The maximum Gasteiger partial charge on any atom is 0.129 e. The Balaban J connectivity index is 2.18. The van der Waals surface area contributed by atoms with E-state index in [9.17, 15) is 4.79 Å². The van der Waals surface area contributed by atoms with Crippen molar-refractivity contribution in [3.8, 4) is 0 Å². The summed E-state index contributed by atoms with van der Waals surface area (Å²) in [6.07, 6.45) is 3.16. The minimum atomic E-state index is 0.295. The molecule has 3 nitrogen and oxygen atoms in total. The van der Waals surface area contributed by atoms with E-state index in [1.807, 2.05) is 0 Å². The molecule has 1 rings (SSSR count). The van der Waals surface area contributed by atoms with Crippen LogP contribution in [0.1, 0.15) is 33.1 Å². The predicted octanol–water partition coefficient (Wildman–Crippen LogP) is 1.47. The molecule has 1 aliphatic rings. The fourth-order valence-corrected chi connectivity index (χ4v) is 1.83. The lowest BCUT2D eigenvalue weighted by Crippen LogP contribution is -2.31. The van der Waals surface area contributed by atoms with Crippen LogP contribution in [0.4, 0.5) is 0 Å². The highest BCUT2D eigenvalue weighted by Gasteiger charge is 2.14. The number of nitrogens with zero attached hydrogens (tertiary/aromatic N) is 1. The number of Topliss-reactive ketones (excluding diaryl/α,β-unsaturated/α-hetero) is 1. The number of rotatable bonds is 4. The zero-order chi connectivity index (χ0) is 10.4. The van der Waals surface area contributed by atoms with Gasteiger partial charge in [-0.05, 0) is 33.2 Å². The molecular formula is C11H21NO2. The Morgan fingerprint density at radius 1 is 1.57 bits per heavy atom. The van der Waals surface area contributed by atoms with Crippen molar-refractivity contribution in [2.24, 2.45) is 0 Å². The van der Waals surface area contributed by atoms with Gasteiger partial charge in [-0.15, -0.1) is 0 Å². The Morgan fingerprint density at radius 2 is 2.36 bits per heavy atom. The van der Waals surface area contributed by atoms with E-state index in [0.717, 1.165) is 39.1 Å². The van der Waals surface area contributed by atoms with E-state index in [1.165, 1.54) is 0 Å². The van der Waals surface area contributed by atoms with Crippen molar-refractivity contribution in [2.75, 3.05) is 26.2 Å². The molecule has 1 fully saturated rings. The fraction of sp³-hybridized carbons (Fsp3) is 0.909. The SMILES string of the molecule is CC(=O)CCCN1CCCOC(C)C1. The minimum Gasteiger partial charge on any atom is -0.377 e. The molecule has 0 N–H and O–H groups in total. The van der Waals surface area contributed by atoms with Gasteiger partial charge in [0.15, 0.2) is 0 Å². The van der Waals surface area contributed by atoms with Gasteiger partial charge >= 0.3 is 0 Å². The average Bonchev–Trinajstić information content (AvgIpc) is 2.29. The monoisotopic (exact) mass is 199 g/mol. The molecule has 0 radical (unpaired) electrons. The third kappa shape index (κ3) is 4.72. The molecule has 0 aliphatic carbocycles. The second kappa shape index (κ2) is 6.14. The Morgan fingerprint density at radius 3 is 3.07 bits per heavy atom. The lowest BCUT2D eigenvalue weighted by Gasteiger charge is -2.21. The standard InChI is InChI=1S/C11H21NO2/c1-10(13)5-3-6-12-7-4-8-14-11(2)9-12/h11H,3-9H2,1-2H3. The summed E-state index contributed by atoms with van der Waals surface area (Å²) in [5.41, 5.74) is 0. The Bertz CT molecular complexity index is 182. The van der Waals surface area contributed by atoms with Crippen molar-refractivity contribution in [2.45, 2.75) is 39.2 Å². The Kier molecular flexibility index (Phi) is 5.12. The van der Waals surface area contributed by atoms with Crippen molar-refractivity contribution in [3.63, 3.8) is 0 Å². The summed E-state index contributed by atoms with van der Waals surface area (Å²) in [4.78, 5) is 13.2. The second-order valence-electron chi connectivity index (χ2n) is 4.14. The first kappa shape index (κ1) is 11.7. The predicted molar refractivity (Wildman–Crippen MR) is 56.4 cm³/mol. The lowest BCUT2D eigenvalue weighted by atomic mass is 10.2. The maximum atomic E-state index is 10.8. The van der Waals surface area contributed by atoms with Gasteiger partial charge in [0.05, 0.1) is 6.10 Å². The van der Waals surface area contributed by atoms with Crippen molar-refractivity contribution in [1.29, 1.82) is 0 Å². The second-order valence-corrected chi connectivity index (χ2v) is 4.14. The smallest absolute Gasteiger partial charge is 0.129 e. The molecule has 1 atom stereocenters. The molecule has 0 spiro atoms. The normalized spacial score (nSPS) is 24.6.